The van der Waals surface area contributed by atoms with E-state index in [1.165, 1.54) is 18.3 Å². The summed E-state index contributed by atoms with van der Waals surface area (Å²) >= 11 is 5.33. The molecular formula is C17H10BrFIN3O4. The molecule has 0 unspecified atom stereocenters. The van der Waals surface area contributed by atoms with E-state index in [-0.39, 0.29) is 16.9 Å². The van der Waals surface area contributed by atoms with Crippen LogP contribution in [-0.4, -0.2) is 29.8 Å². The van der Waals surface area contributed by atoms with Crippen LogP contribution in [0.3, 0.4) is 0 Å². The number of carboxylic acids is 1. The van der Waals surface area contributed by atoms with Crippen LogP contribution in [0.4, 0.5) is 4.39 Å². The highest BCUT2D eigenvalue weighted by Gasteiger charge is 2.13. The molecule has 2 N–H and O–H groups in total. The molecule has 0 aliphatic rings. The molecule has 0 aliphatic heterocycles. The Kier molecular flexibility index (Phi) is 7.26. The lowest BCUT2D eigenvalue weighted by molar-refractivity contribution is -0.139. The Hall–Kier alpha value is -2.52. The van der Waals surface area contributed by atoms with Crippen LogP contribution < -0.4 is 10.2 Å². The number of hydrazone groups is 1. The second-order valence-electron chi connectivity index (χ2n) is 4.99. The van der Waals surface area contributed by atoms with E-state index in [2.05, 4.69) is 26.5 Å². The maximum atomic E-state index is 13.8. The number of rotatable bonds is 6. The van der Waals surface area contributed by atoms with Crippen LogP contribution in [0.2, 0.25) is 0 Å². The zero-order chi connectivity index (χ0) is 20.0. The maximum Gasteiger partial charge on any atom is 0.341 e. The van der Waals surface area contributed by atoms with Gasteiger partial charge in [0.05, 0.1) is 27.9 Å². The van der Waals surface area contributed by atoms with Gasteiger partial charge in [0.15, 0.2) is 6.61 Å². The summed E-state index contributed by atoms with van der Waals surface area (Å²) in [5.41, 5.74) is 2.41. The van der Waals surface area contributed by atoms with E-state index in [1.54, 1.807) is 18.2 Å². The smallest absolute Gasteiger partial charge is 0.341 e. The Labute approximate surface area is 175 Å². The normalized spacial score (nSPS) is 10.4. The molecule has 0 radical (unpaired) electrons. The number of hydrogen-bond donors (Lipinski definition) is 2. The van der Waals surface area contributed by atoms with Crippen molar-refractivity contribution in [2.24, 2.45) is 5.10 Å². The average molecular weight is 546 g/mol. The number of carbonyl (C=O) groups excluding carboxylic acids is 1. The molecule has 1 amide bonds. The third-order valence-corrected chi connectivity index (χ3v) is 4.30. The molecule has 2 aromatic rings. The molecule has 10 heteroatoms. The van der Waals surface area contributed by atoms with Gasteiger partial charge in [-0.25, -0.2) is 14.6 Å². The van der Waals surface area contributed by atoms with Crippen LogP contribution in [0.15, 0.2) is 39.9 Å². The van der Waals surface area contributed by atoms with E-state index in [0.717, 1.165) is 9.64 Å². The number of carbonyl (C=O) groups is 2. The summed E-state index contributed by atoms with van der Waals surface area (Å²) in [6.07, 6.45) is 1.25. The molecule has 0 aliphatic carbocycles. The number of nitrogens with one attached hydrogen (secondary N) is 1. The monoisotopic (exact) mass is 545 g/mol. The molecule has 0 saturated heterocycles. The van der Waals surface area contributed by atoms with Gasteiger partial charge in [0.25, 0.3) is 5.91 Å². The first-order valence-corrected chi connectivity index (χ1v) is 9.05. The summed E-state index contributed by atoms with van der Waals surface area (Å²) in [4.78, 5) is 22.7. The number of nitriles is 1. The molecule has 0 bridgehead atoms. The van der Waals surface area contributed by atoms with Crippen molar-refractivity contribution < 1.29 is 23.8 Å². The first-order valence-electron chi connectivity index (χ1n) is 7.18. The molecule has 0 aromatic heterocycles. The highest BCUT2D eigenvalue weighted by molar-refractivity contribution is 14.1. The summed E-state index contributed by atoms with van der Waals surface area (Å²) in [5, 5.41) is 21.2. The number of benzene rings is 2. The van der Waals surface area contributed by atoms with Gasteiger partial charge in [0.1, 0.15) is 11.6 Å². The third-order valence-electron chi connectivity index (χ3n) is 3.09. The zero-order valence-corrected chi connectivity index (χ0v) is 17.1. The number of halogens is 3. The molecule has 0 fully saturated rings. The largest absolute Gasteiger partial charge is 0.480 e. The Bertz CT molecular complexity index is 975. The molecular weight excluding hydrogens is 536 g/mol. The summed E-state index contributed by atoms with van der Waals surface area (Å²) < 4.78 is 20.4. The van der Waals surface area contributed by atoms with E-state index >= 15 is 0 Å². The van der Waals surface area contributed by atoms with Gasteiger partial charge in [-0.3, -0.25) is 4.79 Å². The molecule has 7 nitrogen and oxygen atoms in total. The van der Waals surface area contributed by atoms with E-state index < -0.39 is 24.3 Å². The lowest BCUT2D eigenvalue weighted by Crippen LogP contribution is -2.19. The minimum Gasteiger partial charge on any atom is -0.480 e. The molecule has 2 aromatic carbocycles. The fourth-order valence-corrected chi connectivity index (χ4v) is 3.62. The average Bonchev–Trinajstić information content (AvgIpc) is 2.60. The van der Waals surface area contributed by atoms with Crippen LogP contribution in [0.25, 0.3) is 0 Å². The molecule has 0 heterocycles. The minimum absolute atomic E-state index is 0.0940. The van der Waals surface area contributed by atoms with Gasteiger partial charge in [-0.15, -0.1) is 0 Å². The van der Waals surface area contributed by atoms with Crippen LogP contribution in [0.1, 0.15) is 21.5 Å². The second-order valence-corrected chi connectivity index (χ2v) is 7.09. The third kappa shape index (κ3) is 5.73. The van der Waals surface area contributed by atoms with Crippen molar-refractivity contribution in [1.82, 2.24) is 5.43 Å². The highest BCUT2D eigenvalue weighted by Crippen LogP contribution is 2.30. The molecule has 2 rings (SSSR count). The van der Waals surface area contributed by atoms with E-state index in [4.69, 9.17) is 15.1 Å². The SMILES string of the molecule is N#Cc1ccc(C(=O)N/N=C\c2cc(I)cc(Br)c2OCC(=O)O)c(F)c1. The van der Waals surface area contributed by atoms with Gasteiger partial charge in [-0.1, -0.05) is 0 Å². The van der Waals surface area contributed by atoms with E-state index in [1.807, 2.05) is 22.6 Å². The predicted molar refractivity (Wildman–Crippen MR) is 106 cm³/mol. The standard InChI is InChI=1S/C17H10BrFIN3O4/c18-13-5-11(20)4-10(16(13)27-8-15(24)25)7-22-23-17(26)12-2-1-9(6-21)3-14(12)19/h1-5,7H,8H2,(H,23,26)(H,24,25)/b22-7-. The lowest BCUT2D eigenvalue weighted by atomic mass is 10.1. The maximum absolute atomic E-state index is 13.8. The first-order chi connectivity index (χ1) is 12.8. The summed E-state index contributed by atoms with van der Waals surface area (Å²) in [7, 11) is 0. The predicted octanol–water partition coefficient (Wildman–Crippen LogP) is 3.29. The number of aliphatic carboxylic acids is 1. The van der Waals surface area contributed by atoms with Gasteiger partial charge in [-0.05, 0) is 68.9 Å². The summed E-state index contributed by atoms with van der Waals surface area (Å²) in [5.74, 6) is -2.55. The first kappa shape index (κ1) is 20.8. The fraction of sp³-hybridized carbons (Fsp3) is 0.0588. The molecule has 0 atom stereocenters. The van der Waals surface area contributed by atoms with Gasteiger partial charge < -0.3 is 9.84 Å². The van der Waals surface area contributed by atoms with Crippen LogP contribution in [0, 0.1) is 20.7 Å². The van der Waals surface area contributed by atoms with Crippen molar-refractivity contribution in [2.45, 2.75) is 0 Å². The summed E-state index contributed by atoms with van der Waals surface area (Å²) in [6.45, 7) is -0.553. The van der Waals surface area contributed by atoms with Crippen LogP contribution in [0.5, 0.6) is 5.75 Å². The van der Waals surface area contributed by atoms with E-state index in [0.29, 0.717) is 10.0 Å². The van der Waals surface area contributed by atoms with Crippen molar-refractivity contribution in [3.8, 4) is 11.8 Å². The lowest BCUT2D eigenvalue weighted by Gasteiger charge is -2.10. The minimum atomic E-state index is -1.15. The van der Waals surface area contributed by atoms with Gasteiger partial charge in [0.2, 0.25) is 0 Å². The van der Waals surface area contributed by atoms with Gasteiger partial charge in [0, 0.05) is 9.13 Å². The van der Waals surface area contributed by atoms with Gasteiger partial charge >= 0.3 is 5.97 Å². The number of hydrogen-bond acceptors (Lipinski definition) is 5. The molecule has 138 valence electrons. The van der Waals surface area contributed by atoms with Crippen molar-refractivity contribution in [2.75, 3.05) is 6.61 Å². The Morgan fingerprint density at radius 3 is 2.78 bits per heavy atom. The molecule has 0 spiro atoms. The second kappa shape index (κ2) is 9.43. The number of ether oxygens (including phenoxy) is 1. The van der Waals surface area contributed by atoms with Gasteiger partial charge in [-0.2, -0.15) is 10.4 Å². The van der Waals surface area contributed by atoms with Crippen LogP contribution >= 0.6 is 38.5 Å². The van der Waals surface area contributed by atoms with E-state index in [9.17, 15) is 14.0 Å². The van der Waals surface area contributed by atoms with Crippen molar-refractivity contribution >= 4 is 56.6 Å². The Balaban J connectivity index is 2.19. The molecule has 27 heavy (non-hydrogen) atoms. The van der Waals surface area contributed by atoms with Crippen molar-refractivity contribution in [3.05, 3.63) is 60.9 Å². The fourth-order valence-electron chi connectivity index (χ4n) is 1.95. The zero-order valence-electron chi connectivity index (χ0n) is 13.4. The summed E-state index contributed by atoms with van der Waals surface area (Å²) in [6, 6.07) is 8.61. The topological polar surface area (TPSA) is 112 Å². The quantitative estimate of drug-likeness (QED) is 0.329. The van der Waals surface area contributed by atoms with Crippen molar-refractivity contribution in [3.63, 3.8) is 0 Å². The van der Waals surface area contributed by atoms with Crippen LogP contribution in [-0.2, 0) is 4.79 Å². The molecule has 0 saturated carbocycles. The number of nitrogens with zero attached hydrogens (tertiary/aromatic N) is 2. The Morgan fingerprint density at radius 2 is 2.15 bits per heavy atom. The highest BCUT2D eigenvalue weighted by atomic mass is 127. The number of carboxylic acid groups (broad SMARTS) is 1. The van der Waals surface area contributed by atoms with Crippen molar-refractivity contribution in [1.29, 1.82) is 5.26 Å². The Morgan fingerprint density at radius 1 is 1.41 bits per heavy atom. The number of amides is 1.